The average Bonchev–Trinajstić information content (AvgIpc) is 3.26. The fraction of sp³-hybridized carbons (Fsp3) is 0.691. The first-order valence-electron chi connectivity index (χ1n) is 25.1. The van der Waals surface area contributed by atoms with Gasteiger partial charge in [-0.25, -0.2) is 0 Å². The number of rotatable bonds is 44. The van der Waals surface area contributed by atoms with Crippen LogP contribution in [0.2, 0.25) is 0 Å². The van der Waals surface area contributed by atoms with E-state index in [1.807, 2.05) is 0 Å². The molecule has 0 aliphatic rings. The van der Waals surface area contributed by atoms with Crippen LogP contribution in [0.1, 0.15) is 226 Å². The van der Waals surface area contributed by atoms with Gasteiger partial charge in [0.25, 0.3) is 0 Å². The lowest BCUT2D eigenvalue weighted by Gasteiger charge is -2.18. The maximum Gasteiger partial charge on any atom is 0.306 e. The lowest BCUT2D eigenvalue weighted by atomic mass is 10.1. The number of hydrogen-bond donors (Lipinski definition) is 0. The molecule has 0 aliphatic carbocycles. The topological polar surface area (TPSA) is 78.9 Å². The highest BCUT2D eigenvalue weighted by atomic mass is 16.6. The zero-order valence-electron chi connectivity index (χ0n) is 39.7. The van der Waals surface area contributed by atoms with Crippen molar-refractivity contribution in [3.8, 4) is 0 Å². The SMILES string of the molecule is CC/C=C\C/C=C\C/C=C\CCCCCCC(=O)OC(COC(=O)CCCCC/C=C\C=C/CCCC)COC(=O)CCCCCCC/C=C\C=C/CCCCCCCCC. The molecule has 0 aromatic heterocycles. The number of esters is 3. The van der Waals surface area contributed by atoms with E-state index in [4.69, 9.17) is 14.2 Å². The van der Waals surface area contributed by atoms with Gasteiger partial charge in [-0.1, -0.05) is 196 Å². The normalized spacial score (nSPS) is 12.8. The molecule has 0 radical (unpaired) electrons. The summed E-state index contributed by atoms with van der Waals surface area (Å²) in [6.07, 6.45) is 62.8. The van der Waals surface area contributed by atoms with Gasteiger partial charge in [-0.3, -0.25) is 14.4 Å². The molecule has 0 N–H and O–H groups in total. The van der Waals surface area contributed by atoms with Crippen LogP contribution in [0.5, 0.6) is 0 Å². The molecule has 6 nitrogen and oxygen atoms in total. The van der Waals surface area contributed by atoms with E-state index in [0.29, 0.717) is 19.3 Å². The van der Waals surface area contributed by atoms with Crippen molar-refractivity contribution in [3.63, 3.8) is 0 Å². The molecule has 0 heterocycles. The van der Waals surface area contributed by atoms with Crippen molar-refractivity contribution < 1.29 is 28.6 Å². The first kappa shape index (κ1) is 57.6. The maximum absolute atomic E-state index is 12.8. The molecular weight excluding hydrogens is 757 g/mol. The van der Waals surface area contributed by atoms with Crippen LogP contribution in [0.3, 0.4) is 0 Å². The van der Waals surface area contributed by atoms with Gasteiger partial charge in [0.15, 0.2) is 6.10 Å². The quantitative estimate of drug-likeness (QED) is 0.0200. The number of ether oxygens (including phenoxy) is 3. The van der Waals surface area contributed by atoms with E-state index in [1.165, 1.54) is 64.2 Å². The molecule has 0 rings (SSSR count). The van der Waals surface area contributed by atoms with E-state index in [0.717, 1.165) is 122 Å². The van der Waals surface area contributed by atoms with Crippen molar-refractivity contribution in [1.82, 2.24) is 0 Å². The highest BCUT2D eigenvalue weighted by molar-refractivity contribution is 5.71. The first-order chi connectivity index (χ1) is 30.0. The molecule has 61 heavy (non-hydrogen) atoms. The summed E-state index contributed by atoms with van der Waals surface area (Å²) in [4.78, 5) is 37.9. The summed E-state index contributed by atoms with van der Waals surface area (Å²) in [6, 6.07) is 0. The van der Waals surface area contributed by atoms with Crippen LogP contribution in [0.15, 0.2) is 85.1 Å². The predicted octanol–water partition coefficient (Wildman–Crippen LogP) is 16.4. The highest BCUT2D eigenvalue weighted by Crippen LogP contribution is 2.13. The molecular formula is C55H92O6. The van der Waals surface area contributed by atoms with E-state index in [1.54, 1.807) is 0 Å². The van der Waals surface area contributed by atoms with E-state index < -0.39 is 6.10 Å². The van der Waals surface area contributed by atoms with Crippen molar-refractivity contribution in [2.24, 2.45) is 0 Å². The molecule has 0 amide bonds. The van der Waals surface area contributed by atoms with Crippen LogP contribution in [0.4, 0.5) is 0 Å². The third kappa shape index (κ3) is 47.5. The van der Waals surface area contributed by atoms with Crippen molar-refractivity contribution in [2.75, 3.05) is 13.2 Å². The molecule has 0 aromatic carbocycles. The third-order valence-electron chi connectivity index (χ3n) is 10.4. The lowest BCUT2D eigenvalue weighted by Crippen LogP contribution is -2.30. The minimum Gasteiger partial charge on any atom is -0.462 e. The second-order valence-electron chi connectivity index (χ2n) is 16.4. The van der Waals surface area contributed by atoms with E-state index >= 15 is 0 Å². The summed E-state index contributed by atoms with van der Waals surface area (Å²) >= 11 is 0. The minimum atomic E-state index is -0.805. The van der Waals surface area contributed by atoms with Gasteiger partial charge >= 0.3 is 17.9 Å². The van der Waals surface area contributed by atoms with Gasteiger partial charge in [0, 0.05) is 19.3 Å². The summed E-state index contributed by atoms with van der Waals surface area (Å²) in [7, 11) is 0. The largest absolute Gasteiger partial charge is 0.462 e. The molecule has 1 atom stereocenters. The van der Waals surface area contributed by atoms with Crippen LogP contribution < -0.4 is 0 Å². The van der Waals surface area contributed by atoms with Gasteiger partial charge in [0.2, 0.25) is 0 Å². The summed E-state index contributed by atoms with van der Waals surface area (Å²) in [5.41, 5.74) is 0. The van der Waals surface area contributed by atoms with Crippen LogP contribution >= 0.6 is 0 Å². The minimum absolute atomic E-state index is 0.103. The number of carbonyl (C=O) groups excluding carboxylic acids is 3. The molecule has 0 saturated carbocycles. The molecule has 0 aromatic rings. The molecule has 0 bridgehead atoms. The fourth-order valence-corrected chi connectivity index (χ4v) is 6.60. The second kappa shape index (κ2) is 49.2. The van der Waals surface area contributed by atoms with Crippen molar-refractivity contribution in [2.45, 2.75) is 232 Å². The summed E-state index contributed by atoms with van der Waals surface area (Å²) in [5, 5.41) is 0. The van der Waals surface area contributed by atoms with Crippen LogP contribution in [0.25, 0.3) is 0 Å². The Balaban J connectivity index is 4.45. The Labute approximate surface area is 375 Å². The zero-order chi connectivity index (χ0) is 44.4. The second-order valence-corrected chi connectivity index (χ2v) is 16.4. The van der Waals surface area contributed by atoms with E-state index in [9.17, 15) is 14.4 Å². The monoisotopic (exact) mass is 849 g/mol. The number of hydrogen-bond acceptors (Lipinski definition) is 6. The molecule has 1 unspecified atom stereocenters. The van der Waals surface area contributed by atoms with Crippen molar-refractivity contribution in [1.29, 1.82) is 0 Å². The van der Waals surface area contributed by atoms with Crippen LogP contribution in [-0.2, 0) is 28.6 Å². The van der Waals surface area contributed by atoms with Gasteiger partial charge in [-0.2, -0.15) is 0 Å². The Morgan fingerprint density at radius 2 is 0.705 bits per heavy atom. The van der Waals surface area contributed by atoms with E-state index in [-0.39, 0.29) is 31.1 Å². The Morgan fingerprint density at radius 3 is 1.16 bits per heavy atom. The van der Waals surface area contributed by atoms with Gasteiger partial charge in [-0.15, -0.1) is 0 Å². The Morgan fingerprint density at radius 1 is 0.361 bits per heavy atom. The van der Waals surface area contributed by atoms with Gasteiger partial charge in [0.1, 0.15) is 13.2 Å². The smallest absolute Gasteiger partial charge is 0.306 e. The number of unbranched alkanes of at least 4 members (excludes halogenated alkanes) is 21. The Hall–Kier alpha value is -3.41. The van der Waals surface area contributed by atoms with Gasteiger partial charge in [-0.05, 0) is 96.3 Å². The molecule has 0 fully saturated rings. The summed E-state index contributed by atoms with van der Waals surface area (Å²) in [5.74, 6) is -0.972. The lowest BCUT2D eigenvalue weighted by molar-refractivity contribution is -0.167. The van der Waals surface area contributed by atoms with Gasteiger partial charge < -0.3 is 14.2 Å². The Bertz CT molecular complexity index is 1200. The van der Waals surface area contributed by atoms with Crippen molar-refractivity contribution >= 4 is 17.9 Å². The molecule has 0 aliphatic heterocycles. The van der Waals surface area contributed by atoms with Crippen LogP contribution in [0, 0.1) is 0 Å². The third-order valence-corrected chi connectivity index (χ3v) is 10.4. The first-order valence-corrected chi connectivity index (χ1v) is 25.1. The summed E-state index contributed by atoms with van der Waals surface area (Å²) < 4.78 is 16.7. The molecule has 6 heteroatoms. The predicted molar refractivity (Wildman–Crippen MR) is 261 cm³/mol. The zero-order valence-corrected chi connectivity index (χ0v) is 39.7. The number of allylic oxidation sites excluding steroid dienone is 14. The Kier molecular flexibility index (Phi) is 46.5. The number of carbonyl (C=O) groups is 3. The van der Waals surface area contributed by atoms with Gasteiger partial charge in [0.05, 0.1) is 0 Å². The standard InChI is InChI=1S/C55H92O6/c1-4-7-10-13-16-19-22-24-26-27-28-29-31-33-36-39-42-45-48-54(57)60-51-52(50-59-53(56)47-44-41-38-35-32-21-18-15-12-9-6-3)61-55(58)49-46-43-40-37-34-30-25-23-20-17-14-11-8-5-2/h8,11,15,17-18,20-21,25-30,32,52H,4-7,9-10,12-14,16,19,22-24,31,33-51H2,1-3H3/b11-8-,18-15-,20-17-,27-26-,29-28-,30-25-,32-21-. The van der Waals surface area contributed by atoms with Crippen molar-refractivity contribution in [3.05, 3.63) is 85.1 Å². The molecule has 348 valence electrons. The van der Waals surface area contributed by atoms with Crippen LogP contribution in [-0.4, -0.2) is 37.2 Å². The average molecular weight is 849 g/mol. The summed E-state index contributed by atoms with van der Waals surface area (Å²) in [6.45, 7) is 6.40. The molecule has 0 spiro atoms. The highest BCUT2D eigenvalue weighted by Gasteiger charge is 2.19. The fourth-order valence-electron chi connectivity index (χ4n) is 6.60. The maximum atomic E-state index is 12.8. The van der Waals surface area contributed by atoms with E-state index in [2.05, 4.69) is 106 Å². The molecule has 0 saturated heterocycles.